The summed E-state index contributed by atoms with van der Waals surface area (Å²) < 4.78 is 15.7. The summed E-state index contributed by atoms with van der Waals surface area (Å²) in [5.74, 6) is 0.126. The van der Waals surface area contributed by atoms with E-state index in [9.17, 15) is 14.0 Å². The van der Waals surface area contributed by atoms with Crippen molar-refractivity contribution in [3.8, 4) is 16.3 Å². The van der Waals surface area contributed by atoms with E-state index in [1.165, 1.54) is 23.9 Å². The zero-order valence-corrected chi connectivity index (χ0v) is 21.8. The summed E-state index contributed by atoms with van der Waals surface area (Å²) in [5, 5.41) is 9.82. The van der Waals surface area contributed by atoms with Crippen LogP contribution in [-0.2, 0) is 9.59 Å². The Labute approximate surface area is 222 Å². The van der Waals surface area contributed by atoms with Gasteiger partial charge in [0.05, 0.1) is 21.6 Å². The Hall–Kier alpha value is -3.43. The molecular formula is C28H25FN4O2S2. The second-order valence-corrected chi connectivity index (χ2v) is 11.4. The van der Waals surface area contributed by atoms with Crippen LogP contribution in [0.2, 0.25) is 0 Å². The molecular weight excluding hydrogens is 507 g/mol. The number of rotatable bonds is 6. The molecule has 1 aliphatic carbocycles. The van der Waals surface area contributed by atoms with Crippen LogP contribution in [0.4, 0.5) is 10.2 Å². The van der Waals surface area contributed by atoms with Crippen molar-refractivity contribution >= 4 is 40.7 Å². The maximum absolute atomic E-state index is 13.9. The third-order valence-corrected chi connectivity index (χ3v) is 8.74. The van der Waals surface area contributed by atoms with Crippen molar-refractivity contribution < 1.29 is 14.0 Å². The van der Waals surface area contributed by atoms with Crippen molar-refractivity contribution in [3.05, 3.63) is 88.6 Å². The van der Waals surface area contributed by atoms with Gasteiger partial charge in [0.25, 0.3) is 0 Å². The lowest BCUT2D eigenvalue weighted by molar-refractivity contribution is -0.123. The van der Waals surface area contributed by atoms with E-state index in [0.29, 0.717) is 5.82 Å². The lowest BCUT2D eigenvalue weighted by atomic mass is 10.0. The number of hydrogen-bond acceptors (Lipinski definition) is 5. The molecule has 2 aromatic heterocycles. The Morgan fingerprint density at radius 2 is 1.89 bits per heavy atom. The maximum Gasteiger partial charge on any atom is 0.240 e. The van der Waals surface area contributed by atoms with E-state index >= 15 is 0 Å². The molecule has 188 valence electrons. The van der Waals surface area contributed by atoms with Crippen LogP contribution in [-0.4, -0.2) is 39.9 Å². The number of aromatic nitrogens is 2. The van der Waals surface area contributed by atoms with Gasteiger partial charge in [-0.3, -0.25) is 14.5 Å². The quantitative estimate of drug-likeness (QED) is 0.356. The third kappa shape index (κ3) is 4.69. The average molecular weight is 533 g/mol. The fourth-order valence-electron chi connectivity index (χ4n) is 4.63. The van der Waals surface area contributed by atoms with E-state index in [-0.39, 0.29) is 41.2 Å². The Morgan fingerprint density at radius 1 is 1.11 bits per heavy atom. The van der Waals surface area contributed by atoms with Crippen LogP contribution in [0.25, 0.3) is 16.3 Å². The monoisotopic (exact) mass is 532 g/mol. The zero-order valence-electron chi connectivity index (χ0n) is 20.2. The molecule has 9 heteroatoms. The van der Waals surface area contributed by atoms with Crippen molar-refractivity contribution in [2.75, 3.05) is 17.2 Å². The summed E-state index contributed by atoms with van der Waals surface area (Å²) in [5.41, 5.74) is 4.33. The van der Waals surface area contributed by atoms with Crippen LogP contribution in [0.15, 0.2) is 66.0 Å². The van der Waals surface area contributed by atoms with Gasteiger partial charge >= 0.3 is 0 Å². The van der Waals surface area contributed by atoms with E-state index in [0.717, 1.165) is 45.8 Å². The van der Waals surface area contributed by atoms with Gasteiger partial charge in [-0.15, -0.1) is 23.1 Å². The number of halogens is 1. The van der Waals surface area contributed by atoms with Crippen molar-refractivity contribution in [3.63, 3.8) is 0 Å². The van der Waals surface area contributed by atoms with Gasteiger partial charge in [0.1, 0.15) is 23.9 Å². The van der Waals surface area contributed by atoms with Gasteiger partial charge in [-0.1, -0.05) is 36.4 Å². The largest absolute Gasteiger partial charge is 0.352 e. The van der Waals surface area contributed by atoms with Gasteiger partial charge in [-0.2, -0.15) is 5.10 Å². The molecule has 1 aliphatic heterocycles. The number of fused-ring (bicyclic) bond motifs is 1. The first kappa shape index (κ1) is 23.9. The van der Waals surface area contributed by atoms with Crippen molar-refractivity contribution in [2.24, 2.45) is 0 Å². The molecule has 1 fully saturated rings. The third-order valence-electron chi connectivity index (χ3n) is 6.60. The molecule has 4 aromatic rings. The molecule has 6 rings (SSSR count). The molecule has 0 bridgehead atoms. The number of carbonyl (C=O) groups is 2. The molecule has 1 saturated carbocycles. The minimum Gasteiger partial charge on any atom is -0.352 e. The summed E-state index contributed by atoms with van der Waals surface area (Å²) in [7, 11) is 0. The Bertz CT molecular complexity index is 1460. The van der Waals surface area contributed by atoms with Crippen LogP contribution >= 0.6 is 23.1 Å². The molecule has 1 atom stereocenters. The Balaban J connectivity index is 1.60. The van der Waals surface area contributed by atoms with Crippen molar-refractivity contribution in [1.29, 1.82) is 0 Å². The number of benzene rings is 2. The van der Waals surface area contributed by atoms with E-state index < -0.39 is 0 Å². The lowest BCUT2D eigenvalue weighted by Crippen LogP contribution is -2.43. The molecule has 3 heterocycles. The molecule has 0 saturated heterocycles. The molecule has 0 spiro atoms. The van der Waals surface area contributed by atoms with Crippen molar-refractivity contribution in [2.45, 2.75) is 31.1 Å². The van der Waals surface area contributed by atoms with E-state index in [1.54, 1.807) is 28.4 Å². The molecule has 0 radical (unpaired) electrons. The highest BCUT2D eigenvalue weighted by atomic mass is 32.2. The molecule has 6 nitrogen and oxygen atoms in total. The number of amides is 2. The van der Waals surface area contributed by atoms with Gasteiger partial charge in [-0.05, 0) is 60.5 Å². The second kappa shape index (κ2) is 9.79. The SMILES string of the molecule is Cc1ccccc1-n1nc(-c2cccs2)c2c1N(CC(=O)NC1CC1)C(=O)CS[C@H]2c1ccc(F)cc1. The van der Waals surface area contributed by atoms with Crippen LogP contribution in [0, 0.1) is 12.7 Å². The maximum atomic E-state index is 13.9. The Kier molecular flexibility index (Phi) is 6.34. The number of para-hydroxylation sites is 1. The molecule has 1 N–H and O–H groups in total. The number of nitrogens with zero attached hydrogens (tertiary/aromatic N) is 3. The normalized spacial score (nSPS) is 17.4. The van der Waals surface area contributed by atoms with Gasteiger partial charge in [0, 0.05) is 11.6 Å². The molecule has 2 aliphatic rings. The number of hydrogen-bond donors (Lipinski definition) is 1. The minimum absolute atomic E-state index is 0.0829. The van der Waals surface area contributed by atoms with Crippen LogP contribution < -0.4 is 10.2 Å². The van der Waals surface area contributed by atoms with E-state index in [1.807, 2.05) is 53.4 Å². The van der Waals surface area contributed by atoms with Crippen LogP contribution in [0.3, 0.4) is 0 Å². The summed E-state index contributed by atoms with van der Waals surface area (Å²) in [6.07, 6.45) is 1.94. The predicted octanol–water partition coefficient (Wildman–Crippen LogP) is 5.50. The molecule has 2 aromatic carbocycles. The standard InChI is InChI=1S/C28H25FN4O2S2/c1-17-5-2-3-6-21(17)33-28-25(26(31-33)22-7-4-14-36-22)27(18-8-10-19(29)11-9-18)37-16-24(35)32(28)15-23(34)30-20-12-13-20/h2-11,14,20,27H,12-13,15-16H2,1H3,(H,30,34)/t27-/m0/s1. The van der Waals surface area contributed by atoms with Gasteiger partial charge in [0.2, 0.25) is 11.8 Å². The van der Waals surface area contributed by atoms with E-state index in [4.69, 9.17) is 5.10 Å². The summed E-state index contributed by atoms with van der Waals surface area (Å²) in [4.78, 5) is 29.2. The molecule has 2 amide bonds. The fourth-order valence-corrected chi connectivity index (χ4v) is 6.55. The molecule has 37 heavy (non-hydrogen) atoms. The second-order valence-electron chi connectivity index (χ2n) is 9.33. The average Bonchev–Trinajstić information content (AvgIpc) is 3.41. The number of thiophene rings is 1. The first-order valence-electron chi connectivity index (χ1n) is 12.2. The number of nitrogens with one attached hydrogen (secondary N) is 1. The molecule has 0 unspecified atom stereocenters. The predicted molar refractivity (Wildman–Crippen MR) is 146 cm³/mol. The fraction of sp³-hybridized carbons (Fsp3) is 0.250. The highest BCUT2D eigenvalue weighted by Crippen LogP contribution is 2.49. The van der Waals surface area contributed by atoms with Crippen LogP contribution in [0.5, 0.6) is 0 Å². The number of aryl methyl sites for hydroxylation is 1. The van der Waals surface area contributed by atoms with Gasteiger partial charge < -0.3 is 5.32 Å². The van der Waals surface area contributed by atoms with E-state index in [2.05, 4.69) is 5.32 Å². The topological polar surface area (TPSA) is 67.2 Å². The minimum atomic E-state index is -0.314. The summed E-state index contributed by atoms with van der Waals surface area (Å²) in [6.45, 7) is 1.92. The van der Waals surface area contributed by atoms with Gasteiger partial charge in [0.15, 0.2) is 0 Å². The number of anilines is 1. The lowest BCUT2D eigenvalue weighted by Gasteiger charge is -2.23. The smallest absolute Gasteiger partial charge is 0.240 e. The zero-order chi connectivity index (χ0) is 25.5. The Morgan fingerprint density at radius 3 is 2.59 bits per heavy atom. The number of carbonyl (C=O) groups excluding carboxylic acids is 2. The van der Waals surface area contributed by atoms with Crippen molar-refractivity contribution in [1.82, 2.24) is 15.1 Å². The first-order chi connectivity index (χ1) is 18.0. The first-order valence-corrected chi connectivity index (χ1v) is 14.1. The van der Waals surface area contributed by atoms with Gasteiger partial charge in [-0.25, -0.2) is 9.07 Å². The highest BCUT2D eigenvalue weighted by Gasteiger charge is 2.38. The highest BCUT2D eigenvalue weighted by molar-refractivity contribution is 8.00. The van der Waals surface area contributed by atoms with Crippen LogP contribution in [0.1, 0.15) is 34.8 Å². The number of thioether (sulfide) groups is 1. The summed E-state index contributed by atoms with van der Waals surface area (Å²) >= 11 is 3.05. The summed E-state index contributed by atoms with van der Waals surface area (Å²) in [6, 6.07) is 18.5.